The molecule has 1 saturated heterocycles. The van der Waals surface area contributed by atoms with Gasteiger partial charge in [-0.3, -0.25) is 0 Å². The molecule has 1 aliphatic heterocycles. The Bertz CT molecular complexity index is 427. The summed E-state index contributed by atoms with van der Waals surface area (Å²) >= 11 is 0. The smallest absolute Gasteiger partial charge is 0.344 e. The van der Waals surface area contributed by atoms with Crippen molar-refractivity contribution < 1.29 is 26.0 Å². The minimum absolute atomic E-state index is 0.343. The molecule has 1 rings (SSSR count). The maximum Gasteiger partial charge on any atom is 0.344 e. The highest BCUT2D eigenvalue weighted by Crippen LogP contribution is 2.31. The number of carbonyl (C=O) groups is 1. The third-order valence-electron chi connectivity index (χ3n) is 2.69. The van der Waals surface area contributed by atoms with E-state index in [1.807, 2.05) is 45.8 Å². The minimum Gasteiger partial charge on any atom is -0.463 e. The second-order valence-corrected chi connectivity index (χ2v) is 20.7. The van der Waals surface area contributed by atoms with Crippen LogP contribution in [0.3, 0.4) is 0 Å². The van der Waals surface area contributed by atoms with E-state index >= 15 is 0 Å². The van der Waals surface area contributed by atoms with Crippen LogP contribution >= 0.6 is 0 Å². The van der Waals surface area contributed by atoms with Gasteiger partial charge in [0, 0.05) is 6.08 Å². The summed E-state index contributed by atoms with van der Waals surface area (Å²) in [6.45, 7) is 16.0. The van der Waals surface area contributed by atoms with Gasteiger partial charge in [-0.15, -0.1) is 0 Å². The first kappa shape index (κ1) is 20.0. The van der Waals surface area contributed by atoms with Crippen molar-refractivity contribution in [3.63, 3.8) is 0 Å². The molecule has 0 radical (unpaired) electrons. The highest BCUT2D eigenvalue weighted by molar-refractivity contribution is 6.94. The van der Waals surface area contributed by atoms with Crippen molar-refractivity contribution in [1.29, 1.82) is 0 Å². The van der Waals surface area contributed by atoms with Gasteiger partial charge in [0.1, 0.15) is 0 Å². The Hall–Kier alpha value is -0.0825. The molecule has 0 N–H and O–H groups in total. The van der Waals surface area contributed by atoms with E-state index in [2.05, 4.69) is 0 Å². The van der Waals surface area contributed by atoms with Gasteiger partial charge in [0.25, 0.3) is 0 Å². The van der Waals surface area contributed by atoms with E-state index in [0.717, 1.165) is 0 Å². The first-order chi connectivity index (χ1) is 9.78. The summed E-state index contributed by atoms with van der Waals surface area (Å²) < 4.78 is 30.0. The summed E-state index contributed by atoms with van der Waals surface area (Å²) in [5.74, 6) is -0.388. The quantitative estimate of drug-likeness (QED) is 0.426. The average Bonchev–Trinajstić information content (AvgIpc) is 2.19. The SMILES string of the molecule is CCOC(=O)C=C[Si]1(C)O[Si](C)(C)O[Si](C)(C)O[Si](C)(C)O1. The molecule has 1 fully saturated rings. The predicted molar refractivity (Wildman–Crippen MR) is 94.2 cm³/mol. The van der Waals surface area contributed by atoms with Crippen LogP contribution in [-0.2, 0) is 26.0 Å². The molecular formula is C12H28O6Si4. The molecule has 0 bridgehead atoms. The molecule has 128 valence electrons. The largest absolute Gasteiger partial charge is 0.463 e. The van der Waals surface area contributed by atoms with Crippen LogP contribution in [0.4, 0.5) is 0 Å². The van der Waals surface area contributed by atoms with E-state index in [4.69, 9.17) is 21.2 Å². The first-order valence-corrected chi connectivity index (χ1v) is 18.3. The van der Waals surface area contributed by atoms with Crippen LogP contribution < -0.4 is 0 Å². The van der Waals surface area contributed by atoms with Crippen molar-refractivity contribution >= 4 is 40.2 Å². The zero-order valence-corrected chi connectivity index (χ0v) is 18.8. The number of ether oxygens (including phenoxy) is 1. The Kier molecular flexibility index (Phi) is 6.18. The highest BCUT2D eigenvalue weighted by Gasteiger charge is 2.51. The number of rotatable bonds is 3. The molecule has 10 heteroatoms. The molecule has 0 unspecified atom stereocenters. The van der Waals surface area contributed by atoms with Crippen LogP contribution in [0, 0.1) is 0 Å². The normalized spacial score (nSPS) is 26.2. The van der Waals surface area contributed by atoms with Gasteiger partial charge in [-0.1, -0.05) is 0 Å². The van der Waals surface area contributed by atoms with Gasteiger partial charge < -0.3 is 21.2 Å². The molecule has 1 heterocycles. The van der Waals surface area contributed by atoms with Crippen molar-refractivity contribution in [1.82, 2.24) is 0 Å². The van der Waals surface area contributed by atoms with Gasteiger partial charge in [0.05, 0.1) is 6.61 Å². The average molecular weight is 381 g/mol. The highest BCUT2D eigenvalue weighted by atomic mass is 28.5. The number of hydrogen-bond acceptors (Lipinski definition) is 6. The van der Waals surface area contributed by atoms with Crippen molar-refractivity contribution in [3.8, 4) is 0 Å². The Balaban J connectivity index is 3.04. The van der Waals surface area contributed by atoms with Crippen molar-refractivity contribution in [2.75, 3.05) is 6.61 Å². The summed E-state index contributed by atoms with van der Waals surface area (Å²) in [4.78, 5) is 11.6. The molecule has 1 aliphatic rings. The molecule has 0 aromatic rings. The van der Waals surface area contributed by atoms with Crippen molar-refractivity contribution in [2.24, 2.45) is 0 Å². The van der Waals surface area contributed by atoms with E-state index in [0.29, 0.717) is 6.61 Å². The molecular weight excluding hydrogens is 352 g/mol. The Morgan fingerprint density at radius 1 is 0.864 bits per heavy atom. The zero-order valence-electron chi connectivity index (χ0n) is 14.8. The van der Waals surface area contributed by atoms with Gasteiger partial charge in [-0.2, -0.15) is 0 Å². The third kappa shape index (κ3) is 6.58. The maximum atomic E-state index is 11.6. The van der Waals surface area contributed by atoms with Crippen LogP contribution in [0.15, 0.2) is 11.8 Å². The first-order valence-electron chi connectivity index (χ1n) is 7.45. The van der Waals surface area contributed by atoms with Gasteiger partial charge >= 0.3 is 40.2 Å². The van der Waals surface area contributed by atoms with E-state index in [-0.39, 0.29) is 5.97 Å². The third-order valence-corrected chi connectivity index (χ3v) is 18.5. The van der Waals surface area contributed by atoms with E-state index in [9.17, 15) is 4.79 Å². The molecule has 0 atom stereocenters. The second kappa shape index (κ2) is 6.81. The van der Waals surface area contributed by atoms with Gasteiger partial charge in [-0.05, 0) is 58.5 Å². The summed E-state index contributed by atoms with van der Waals surface area (Å²) in [5.41, 5.74) is 1.72. The summed E-state index contributed by atoms with van der Waals surface area (Å²) in [7, 11) is -9.82. The predicted octanol–water partition coefficient (Wildman–Crippen LogP) is 2.90. The lowest BCUT2D eigenvalue weighted by molar-refractivity contribution is -0.137. The van der Waals surface area contributed by atoms with Crippen LogP contribution in [0.5, 0.6) is 0 Å². The molecule has 22 heavy (non-hydrogen) atoms. The lowest BCUT2D eigenvalue weighted by Gasteiger charge is -2.46. The fourth-order valence-corrected chi connectivity index (χ4v) is 23.2. The second-order valence-electron chi connectivity index (χ2n) is 6.71. The minimum atomic E-state index is -2.73. The van der Waals surface area contributed by atoms with Crippen LogP contribution in [0.1, 0.15) is 6.92 Å². The lowest BCUT2D eigenvalue weighted by Crippen LogP contribution is -2.64. The van der Waals surface area contributed by atoms with E-state index in [1.54, 1.807) is 12.6 Å². The summed E-state index contributed by atoms with van der Waals surface area (Å²) in [6, 6.07) is 0. The summed E-state index contributed by atoms with van der Waals surface area (Å²) in [6.07, 6.45) is 1.40. The van der Waals surface area contributed by atoms with Crippen LogP contribution in [-0.4, -0.2) is 46.8 Å². The van der Waals surface area contributed by atoms with Crippen LogP contribution in [0.25, 0.3) is 0 Å². The van der Waals surface area contributed by atoms with E-state index < -0.39 is 34.2 Å². The Labute approximate surface area is 137 Å². The fraction of sp³-hybridized carbons (Fsp3) is 0.750. The standard InChI is InChI=1S/C12H28O6Si4/c1-9-14-12(13)10-11-22(8)17-20(4,5)15-19(2,3)16-21(6,7)18-22/h10-11H,9H2,1-8H3. The topological polar surface area (TPSA) is 63.2 Å². The van der Waals surface area contributed by atoms with E-state index in [1.165, 1.54) is 6.08 Å². The number of esters is 1. The maximum absolute atomic E-state index is 11.6. The molecule has 0 aliphatic carbocycles. The molecule has 0 aromatic carbocycles. The Morgan fingerprint density at radius 2 is 1.27 bits per heavy atom. The monoisotopic (exact) mass is 380 g/mol. The summed E-state index contributed by atoms with van der Waals surface area (Å²) in [5, 5.41) is 0. The van der Waals surface area contributed by atoms with Gasteiger partial charge in [0.15, 0.2) is 0 Å². The van der Waals surface area contributed by atoms with Gasteiger partial charge in [-0.25, -0.2) is 4.79 Å². The van der Waals surface area contributed by atoms with Crippen LogP contribution in [0.2, 0.25) is 45.8 Å². The van der Waals surface area contributed by atoms with Crippen molar-refractivity contribution in [2.45, 2.75) is 52.8 Å². The fourth-order valence-electron chi connectivity index (χ4n) is 2.72. The van der Waals surface area contributed by atoms with Gasteiger partial charge in [0.2, 0.25) is 0 Å². The molecule has 0 aromatic heterocycles. The number of hydrogen-bond donors (Lipinski definition) is 0. The molecule has 0 spiro atoms. The molecule has 6 nitrogen and oxygen atoms in total. The lowest BCUT2D eigenvalue weighted by atomic mass is 10.6. The van der Waals surface area contributed by atoms with Crippen molar-refractivity contribution in [3.05, 3.63) is 11.8 Å². The molecule has 0 amide bonds. The molecule has 0 saturated carbocycles. The Morgan fingerprint density at radius 3 is 1.68 bits per heavy atom. The zero-order chi connectivity index (χ0) is 17.2. The number of carbonyl (C=O) groups excluding carboxylic acids is 1.